The van der Waals surface area contributed by atoms with E-state index in [4.69, 9.17) is 16.7 Å². The summed E-state index contributed by atoms with van der Waals surface area (Å²) in [5.74, 6) is 0.218. The molecule has 0 saturated carbocycles. The van der Waals surface area contributed by atoms with Crippen molar-refractivity contribution in [3.05, 3.63) is 22.8 Å². The highest BCUT2D eigenvalue weighted by atomic mass is 35.5. The van der Waals surface area contributed by atoms with E-state index in [1.165, 1.54) is 0 Å². The molecule has 3 nitrogen and oxygen atoms in total. The maximum atomic E-state index is 12.3. The maximum Gasteiger partial charge on any atom is 0.417 e. The van der Waals surface area contributed by atoms with Crippen molar-refractivity contribution in [3.8, 4) is 0 Å². The van der Waals surface area contributed by atoms with Crippen molar-refractivity contribution in [3.63, 3.8) is 0 Å². The summed E-state index contributed by atoms with van der Waals surface area (Å²) in [5, 5.41) is 11.8. The minimum absolute atomic E-state index is 0.0677. The fourth-order valence-corrected chi connectivity index (χ4v) is 1.56. The zero-order valence-electron chi connectivity index (χ0n) is 9.76. The second-order valence-corrected chi connectivity index (χ2v) is 4.38. The predicted molar refractivity (Wildman–Crippen MR) is 63.7 cm³/mol. The van der Waals surface area contributed by atoms with E-state index < -0.39 is 17.8 Å². The molecule has 0 amide bonds. The molecule has 0 aromatic carbocycles. The number of rotatable bonds is 5. The molecule has 102 valence electrons. The van der Waals surface area contributed by atoms with E-state index in [1.807, 2.05) is 0 Å². The van der Waals surface area contributed by atoms with Crippen LogP contribution < -0.4 is 5.32 Å². The Hall–Kier alpha value is -1.01. The third-order valence-corrected chi connectivity index (χ3v) is 2.55. The van der Waals surface area contributed by atoms with Crippen molar-refractivity contribution in [2.45, 2.75) is 32.0 Å². The monoisotopic (exact) mass is 282 g/mol. The largest absolute Gasteiger partial charge is 0.417 e. The normalized spacial score (nSPS) is 13.4. The number of nitrogens with one attached hydrogen (secondary N) is 1. The van der Waals surface area contributed by atoms with Crippen LogP contribution in [0.25, 0.3) is 0 Å². The maximum absolute atomic E-state index is 12.3. The summed E-state index contributed by atoms with van der Waals surface area (Å²) in [7, 11) is 0. The first-order valence-corrected chi connectivity index (χ1v) is 5.83. The van der Waals surface area contributed by atoms with Gasteiger partial charge in [0.1, 0.15) is 5.82 Å². The van der Waals surface area contributed by atoms with Crippen LogP contribution >= 0.6 is 11.6 Å². The molecule has 1 aromatic rings. The number of alkyl halides is 3. The van der Waals surface area contributed by atoms with E-state index in [0.29, 0.717) is 19.4 Å². The number of aromatic nitrogens is 1. The van der Waals surface area contributed by atoms with Gasteiger partial charge in [-0.1, -0.05) is 11.6 Å². The minimum Gasteiger partial charge on any atom is -0.393 e. The highest BCUT2D eigenvalue weighted by Crippen LogP contribution is 2.32. The molecule has 1 heterocycles. The zero-order chi connectivity index (χ0) is 13.8. The fourth-order valence-electron chi connectivity index (χ4n) is 1.33. The van der Waals surface area contributed by atoms with Gasteiger partial charge in [-0.3, -0.25) is 0 Å². The van der Waals surface area contributed by atoms with E-state index in [-0.39, 0.29) is 10.8 Å². The number of aliphatic hydroxyl groups is 1. The Balaban J connectivity index is 2.58. The molecular formula is C11H14ClF3N2O. The van der Waals surface area contributed by atoms with Gasteiger partial charge in [0.25, 0.3) is 0 Å². The van der Waals surface area contributed by atoms with Gasteiger partial charge in [0.05, 0.1) is 16.7 Å². The van der Waals surface area contributed by atoms with Crippen molar-refractivity contribution in [1.82, 2.24) is 4.98 Å². The molecule has 0 fully saturated rings. The standard InChI is InChI=1S/C11H14ClF3N2O/c1-7(18)3-2-4-16-10-9(12)5-8(6-17-10)11(13,14)15/h5-7,18H,2-4H2,1H3,(H,16,17). The molecule has 18 heavy (non-hydrogen) atoms. The molecule has 2 N–H and O–H groups in total. The number of pyridine rings is 1. The van der Waals surface area contributed by atoms with Crippen LogP contribution in [0.3, 0.4) is 0 Å². The van der Waals surface area contributed by atoms with E-state index in [1.54, 1.807) is 6.92 Å². The van der Waals surface area contributed by atoms with Crippen LogP contribution in [0.5, 0.6) is 0 Å². The Bertz CT molecular complexity index is 396. The van der Waals surface area contributed by atoms with Crippen LogP contribution in [-0.4, -0.2) is 22.7 Å². The first-order chi connectivity index (χ1) is 8.30. The lowest BCUT2D eigenvalue weighted by atomic mass is 10.2. The van der Waals surface area contributed by atoms with Crippen LogP contribution in [0, 0.1) is 0 Å². The van der Waals surface area contributed by atoms with Crippen molar-refractivity contribution in [2.24, 2.45) is 0 Å². The van der Waals surface area contributed by atoms with Crippen molar-refractivity contribution >= 4 is 17.4 Å². The lowest BCUT2D eigenvalue weighted by Gasteiger charge is -2.11. The molecule has 7 heteroatoms. The summed E-state index contributed by atoms with van der Waals surface area (Å²) < 4.78 is 37.0. The summed E-state index contributed by atoms with van der Waals surface area (Å²) in [4.78, 5) is 3.64. The third-order valence-electron chi connectivity index (χ3n) is 2.26. The molecule has 0 bridgehead atoms. The number of hydrogen-bond donors (Lipinski definition) is 2. The summed E-state index contributed by atoms with van der Waals surface area (Å²) >= 11 is 5.70. The van der Waals surface area contributed by atoms with E-state index >= 15 is 0 Å². The van der Waals surface area contributed by atoms with Gasteiger partial charge in [-0.25, -0.2) is 4.98 Å². The highest BCUT2D eigenvalue weighted by Gasteiger charge is 2.31. The van der Waals surface area contributed by atoms with Crippen molar-refractivity contribution < 1.29 is 18.3 Å². The van der Waals surface area contributed by atoms with Gasteiger partial charge in [-0.15, -0.1) is 0 Å². The average Bonchev–Trinajstić information content (AvgIpc) is 2.24. The molecule has 0 spiro atoms. The molecule has 1 atom stereocenters. The van der Waals surface area contributed by atoms with Gasteiger partial charge in [0, 0.05) is 12.7 Å². The number of nitrogens with zero attached hydrogens (tertiary/aromatic N) is 1. The summed E-state index contributed by atoms with van der Waals surface area (Å²) in [6.45, 7) is 2.16. The lowest BCUT2D eigenvalue weighted by molar-refractivity contribution is -0.137. The van der Waals surface area contributed by atoms with Gasteiger partial charge in [0.2, 0.25) is 0 Å². The molecule has 0 radical (unpaired) electrons. The fraction of sp³-hybridized carbons (Fsp3) is 0.545. The average molecular weight is 283 g/mol. The van der Waals surface area contributed by atoms with Gasteiger partial charge in [-0.2, -0.15) is 13.2 Å². The van der Waals surface area contributed by atoms with E-state index in [2.05, 4.69) is 10.3 Å². The second-order valence-electron chi connectivity index (χ2n) is 3.97. The molecule has 1 aromatic heterocycles. The summed E-state index contributed by atoms with van der Waals surface area (Å²) in [6.07, 6.45) is -2.82. The van der Waals surface area contributed by atoms with Crippen LogP contribution in [-0.2, 0) is 6.18 Å². The predicted octanol–water partition coefficient (Wildman–Crippen LogP) is 3.33. The number of aliphatic hydroxyl groups excluding tert-OH is 1. The van der Waals surface area contributed by atoms with Crippen LogP contribution in [0.2, 0.25) is 5.02 Å². The molecule has 1 rings (SSSR count). The molecule has 0 aliphatic carbocycles. The second kappa shape index (κ2) is 6.24. The third kappa shape index (κ3) is 4.70. The Morgan fingerprint density at radius 2 is 2.17 bits per heavy atom. The SMILES string of the molecule is CC(O)CCCNc1ncc(C(F)(F)F)cc1Cl. The Morgan fingerprint density at radius 1 is 1.50 bits per heavy atom. The molecule has 0 aliphatic heterocycles. The smallest absolute Gasteiger partial charge is 0.393 e. The van der Waals surface area contributed by atoms with Gasteiger partial charge in [-0.05, 0) is 25.8 Å². The Kier molecular flexibility index (Phi) is 5.22. The topological polar surface area (TPSA) is 45.1 Å². The number of halogens is 4. The van der Waals surface area contributed by atoms with Gasteiger partial charge < -0.3 is 10.4 Å². The Morgan fingerprint density at radius 3 is 2.67 bits per heavy atom. The summed E-state index contributed by atoms with van der Waals surface area (Å²) in [6, 6.07) is 0.839. The van der Waals surface area contributed by atoms with Gasteiger partial charge in [0.15, 0.2) is 0 Å². The zero-order valence-corrected chi connectivity index (χ0v) is 10.5. The molecular weight excluding hydrogens is 269 g/mol. The van der Waals surface area contributed by atoms with Crippen molar-refractivity contribution in [1.29, 1.82) is 0 Å². The quantitative estimate of drug-likeness (QED) is 0.814. The van der Waals surface area contributed by atoms with E-state index in [0.717, 1.165) is 12.3 Å². The molecule has 0 aliphatic rings. The molecule has 0 saturated heterocycles. The van der Waals surface area contributed by atoms with Crippen LogP contribution in [0.1, 0.15) is 25.3 Å². The first-order valence-electron chi connectivity index (χ1n) is 5.45. The number of anilines is 1. The number of hydrogen-bond acceptors (Lipinski definition) is 3. The Labute approximate surface area is 108 Å². The van der Waals surface area contributed by atoms with Crippen molar-refractivity contribution in [2.75, 3.05) is 11.9 Å². The van der Waals surface area contributed by atoms with Gasteiger partial charge >= 0.3 is 6.18 Å². The highest BCUT2D eigenvalue weighted by molar-refractivity contribution is 6.32. The van der Waals surface area contributed by atoms with Crippen LogP contribution in [0.15, 0.2) is 12.3 Å². The lowest BCUT2D eigenvalue weighted by Crippen LogP contribution is -2.10. The first kappa shape index (κ1) is 15.0. The summed E-state index contributed by atoms with van der Waals surface area (Å²) in [5.41, 5.74) is -0.873. The van der Waals surface area contributed by atoms with Crippen LogP contribution in [0.4, 0.5) is 19.0 Å². The minimum atomic E-state index is -4.44. The van der Waals surface area contributed by atoms with E-state index in [9.17, 15) is 13.2 Å². The molecule has 1 unspecified atom stereocenters.